The molecule has 1 fully saturated rings. The van der Waals surface area contributed by atoms with Gasteiger partial charge in [0.1, 0.15) is 23.1 Å². The fourth-order valence-electron chi connectivity index (χ4n) is 4.61. The minimum Gasteiger partial charge on any atom is -0.493 e. The van der Waals surface area contributed by atoms with Crippen LogP contribution in [0, 0.1) is 5.92 Å². The second-order valence-electron chi connectivity index (χ2n) is 9.76. The highest BCUT2D eigenvalue weighted by Crippen LogP contribution is 2.25. The molecule has 8 heteroatoms. The lowest BCUT2D eigenvalue weighted by molar-refractivity contribution is -0.136. The SMILES string of the molecule is O=C(O)Cc1cccc(OCC2CCN(c3ccc(NC(=O)c4ccc(Oc5ccccc5)cc4)cn3)CC2)c1. The summed E-state index contributed by atoms with van der Waals surface area (Å²) in [6.07, 6.45) is 3.61. The second kappa shape index (κ2) is 12.8. The number of ether oxygens (including phenoxy) is 2. The van der Waals surface area contributed by atoms with Gasteiger partial charge in [-0.25, -0.2) is 4.98 Å². The van der Waals surface area contributed by atoms with E-state index in [2.05, 4.69) is 15.2 Å². The third kappa shape index (κ3) is 7.38. The molecule has 8 nitrogen and oxygen atoms in total. The van der Waals surface area contributed by atoms with Crippen molar-refractivity contribution in [3.63, 3.8) is 0 Å². The number of nitrogens with zero attached hydrogens (tertiary/aromatic N) is 2. The number of carboxylic acids is 1. The van der Waals surface area contributed by atoms with Crippen LogP contribution in [0.4, 0.5) is 11.5 Å². The Kier molecular flexibility index (Phi) is 8.56. The maximum Gasteiger partial charge on any atom is 0.307 e. The maximum absolute atomic E-state index is 12.7. The van der Waals surface area contributed by atoms with Crippen LogP contribution < -0.4 is 19.7 Å². The molecule has 4 aromatic rings. The highest BCUT2D eigenvalue weighted by atomic mass is 16.5. The molecule has 1 aromatic heterocycles. The van der Waals surface area contributed by atoms with Crippen molar-refractivity contribution in [3.8, 4) is 17.2 Å². The summed E-state index contributed by atoms with van der Waals surface area (Å²) in [4.78, 5) is 30.5. The summed E-state index contributed by atoms with van der Waals surface area (Å²) in [7, 11) is 0. The molecule has 1 aliphatic rings. The Hall–Kier alpha value is -4.85. The molecule has 0 spiro atoms. The van der Waals surface area contributed by atoms with Crippen molar-refractivity contribution in [2.24, 2.45) is 5.92 Å². The van der Waals surface area contributed by atoms with Crippen LogP contribution in [0.15, 0.2) is 97.2 Å². The van der Waals surface area contributed by atoms with Gasteiger partial charge in [-0.3, -0.25) is 9.59 Å². The van der Waals surface area contributed by atoms with Gasteiger partial charge >= 0.3 is 5.97 Å². The van der Waals surface area contributed by atoms with Gasteiger partial charge in [-0.05, 0) is 85.0 Å². The molecule has 1 saturated heterocycles. The molecule has 0 unspecified atom stereocenters. The summed E-state index contributed by atoms with van der Waals surface area (Å²) in [5, 5.41) is 11.9. The quantitative estimate of drug-likeness (QED) is 0.254. The van der Waals surface area contributed by atoms with E-state index in [-0.39, 0.29) is 12.3 Å². The first kappa shape index (κ1) is 26.7. The van der Waals surface area contributed by atoms with Gasteiger partial charge < -0.3 is 24.8 Å². The Bertz CT molecular complexity index is 1420. The summed E-state index contributed by atoms with van der Waals surface area (Å²) in [6, 6.07) is 27.6. The molecule has 0 radical (unpaired) electrons. The summed E-state index contributed by atoms with van der Waals surface area (Å²) < 4.78 is 11.7. The summed E-state index contributed by atoms with van der Waals surface area (Å²) in [5.74, 6) is 2.34. The fraction of sp³-hybridized carbons (Fsp3) is 0.219. The van der Waals surface area contributed by atoms with E-state index in [4.69, 9.17) is 14.6 Å². The molecule has 204 valence electrons. The molecule has 5 rings (SSSR count). The smallest absolute Gasteiger partial charge is 0.307 e. The minimum atomic E-state index is -0.853. The van der Waals surface area contributed by atoms with Gasteiger partial charge in [-0.2, -0.15) is 0 Å². The Morgan fingerprint density at radius 1 is 0.875 bits per heavy atom. The molecule has 0 aliphatic carbocycles. The average Bonchev–Trinajstić information content (AvgIpc) is 2.98. The monoisotopic (exact) mass is 537 g/mol. The van der Waals surface area contributed by atoms with E-state index in [1.165, 1.54) is 0 Å². The van der Waals surface area contributed by atoms with Crippen LogP contribution in [-0.4, -0.2) is 41.7 Å². The Balaban J connectivity index is 1.07. The number of aliphatic carboxylic acids is 1. The first-order valence-electron chi connectivity index (χ1n) is 13.3. The van der Waals surface area contributed by atoms with Gasteiger partial charge in [0.25, 0.3) is 5.91 Å². The van der Waals surface area contributed by atoms with Gasteiger partial charge in [0.05, 0.1) is 24.9 Å². The van der Waals surface area contributed by atoms with Crippen LogP contribution in [0.3, 0.4) is 0 Å². The number of carbonyl (C=O) groups is 2. The predicted molar refractivity (Wildman–Crippen MR) is 153 cm³/mol. The lowest BCUT2D eigenvalue weighted by Crippen LogP contribution is -2.36. The maximum atomic E-state index is 12.7. The number of benzene rings is 3. The van der Waals surface area contributed by atoms with Crippen molar-refractivity contribution >= 4 is 23.4 Å². The number of amides is 1. The molecule has 2 N–H and O–H groups in total. The summed E-state index contributed by atoms with van der Waals surface area (Å²) in [6.45, 7) is 2.33. The lowest BCUT2D eigenvalue weighted by Gasteiger charge is -2.32. The number of hydrogen-bond donors (Lipinski definition) is 2. The standard InChI is InChI=1S/C32H31N3O5/c36-31(37)20-24-5-4-8-29(19-24)39-22-23-15-17-35(18-16-23)30-14-11-26(21-33-30)34-32(38)25-9-12-28(13-10-25)40-27-6-2-1-3-7-27/h1-14,19,21,23H,15-18,20,22H2,(H,34,38)(H,36,37). The number of piperidine rings is 1. The highest BCUT2D eigenvalue weighted by molar-refractivity contribution is 6.04. The van der Waals surface area contributed by atoms with E-state index in [1.54, 1.807) is 42.6 Å². The Labute approximate surface area is 233 Å². The van der Waals surface area contributed by atoms with Crippen LogP contribution in [0.1, 0.15) is 28.8 Å². The van der Waals surface area contributed by atoms with Gasteiger partial charge in [-0.1, -0.05) is 30.3 Å². The molecule has 2 heterocycles. The van der Waals surface area contributed by atoms with Crippen LogP contribution in [0.5, 0.6) is 17.2 Å². The zero-order chi connectivity index (χ0) is 27.7. The zero-order valence-corrected chi connectivity index (χ0v) is 22.0. The zero-order valence-electron chi connectivity index (χ0n) is 22.0. The molecule has 0 atom stereocenters. The molecular weight excluding hydrogens is 506 g/mol. The number of rotatable bonds is 10. The number of carbonyl (C=O) groups excluding carboxylic acids is 1. The van der Waals surface area contributed by atoms with Gasteiger partial charge in [0, 0.05) is 18.7 Å². The Morgan fingerprint density at radius 3 is 2.30 bits per heavy atom. The first-order chi connectivity index (χ1) is 19.5. The lowest BCUT2D eigenvalue weighted by atomic mass is 9.98. The highest BCUT2D eigenvalue weighted by Gasteiger charge is 2.21. The van der Waals surface area contributed by atoms with Crippen molar-refractivity contribution in [2.45, 2.75) is 19.3 Å². The summed E-state index contributed by atoms with van der Waals surface area (Å²) in [5.41, 5.74) is 1.89. The molecule has 0 saturated carbocycles. The van der Waals surface area contributed by atoms with E-state index < -0.39 is 5.97 Å². The molecule has 0 bridgehead atoms. The average molecular weight is 538 g/mol. The first-order valence-corrected chi connectivity index (χ1v) is 13.3. The van der Waals surface area contributed by atoms with E-state index in [0.29, 0.717) is 35.3 Å². The molecule has 1 amide bonds. The number of nitrogens with one attached hydrogen (secondary N) is 1. The van der Waals surface area contributed by atoms with Crippen LogP contribution in [0.25, 0.3) is 0 Å². The number of para-hydroxylation sites is 1. The number of carboxylic acid groups (broad SMARTS) is 1. The molecular formula is C32H31N3O5. The van der Waals surface area contributed by atoms with Crippen LogP contribution in [-0.2, 0) is 11.2 Å². The largest absolute Gasteiger partial charge is 0.493 e. The Morgan fingerprint density at radius 2 is 1.60 bits per heavy atom. The number of pyridine rings is 1. The van der Waals surface area contributed by atoms with Crippen molar-refractivity contribution in [3.05, 3.63) is 108 Å². The van der Waals surface area contributed by atoms with E-state index in [0.717, 1.165) is 43.1 Å². The second-order valence-corrected chi connectivity index (χ2v) is 9.76. The molecule has 40 heavy (non-hydrogen) atoms. The van der Waals surface area contributed by atoms with E-state index >= 15 is 0 Å². The van der Waals surface area contributed by atoms with E-state index in [1.807, 2.05) is 54.6 Å². The fourth-order valence-corrected chi connectivity index (χ4v) is 4.61. The van der Waals surface area contributed by atoms with Crippen molar-refractivity contribution in [2.75, 3.05) is 29.9 Å². The van der Waals surface area contributed by atoms with Crippen molar-refractivity contribution in [1.29, 1.82) is 0 Å². The third-order valence-corrected chi connectivity index (χ3v) is 6.78. The van der Waals surface area contributed by atoms with Crippen LogP contribution in [0.2, 0.25) is 0 Å². The summed E-state index contributed by atoms with van der Waals surface area (Å²) >= 11 is 0. The third-order valence-electron chi connectivity index (χ3n) is 6.78. The molecule has 3 aromatic carbocycles. The van der Waals surface area contributed by atoms with E-state index in [9.17, 15) is 9.59 Å². The van der Waals surface area contributed by atoms with Gasteiger partial charge in [0.2, 0.25) is 0 Å². The topological polar surface area (TPSA) is 101 Å². The van der Waals surface area contributed by atoms with Crippen molar-refractivity contribution < 1.29 is 24.2 Å². The molecule has 1 aliphatic heterocycles. The van der Waals surface area contributed by atoms with Gasteiger partial charge in [0.15, 0.2) is 0 Å². The normalized spacial score (nSPS) is 13.4. The van der Waals surface area contributed by atoms with Crippen LogP contribution >= 0.6 is 0 Å². The number of aromatic nitrogens is 1. The minimum absolute atomic E-state index is 0.0111. The van der Waals surface area contributed by atoms with Gasteiger partial charge in [-0.15, -0.1) is 0 Å². The van der Waals surface area contributed by atoms with Crippen molar-refractivity contribution in [1.82, 2.24) is 4.98 Å². The number of hydrogen-bond acceptors (Lipinski definition) is 6. The predicted octanol–water partition coefficient (Wildman–Crippen LogP) is 6.05. The number of anilines is 2.